The molecule has 0 aliphatic heterocycles. The van der Waals surface area contributed by atoms with Gasteiger partial charge in [-0.25, -0.2) is 0 Å². The third-order valence-corrected chi connectivity index (χ3v) is 9.22. The third kappa shape index (κ3) is 3.57. The SMILES string of the molecule is CC(=O)OCC(=O)[C@@]1(O)CC[C@H]2[C@@H]3C[C@@H](OC(C)=O)C4=CC(=O)CC[C@]4(C)[C@H]3[C@@H](O)C[C@@]21C. The van der Waals surface area contributed by atoms with Gasteiger partial charge in [0.2, 0.25) is 5.78 Å². The van der Waals surface area contributed by atoms with Gasteiger partial charge in [-0.2, -0.15) is 0 Å². The lowest BCUT2D eigenvalue weighted by atomic mass is 9.45. The van der Waals surface area contributed by atoms with E-state index >= 15 is 0 Å². The summed E-state index contributed by atoms with van der Waals surface area (Å²) in [4.78, 5) is 48.4. The molecule has 4 aliphatic rings. The van der Waals surface area contributed by atoms with Gasteiger partial charge < -0.3 is 19.7 Å². The Bertz CT molecular complexity index is 923. The Morgan fingerprint density at radius 1 is 1.15 bits per heavy atom. The minimum atomic E-state index is -1.71. The Morgan fingerprint density at radius 2 is 1.85 bits per heavy atom. The van der Waals surface area contributed by atoms with E-state index in [2.05, 4.69) is 0 Å². The van der Waals surface area contributed by atoms with Gasteiger partial charge in [0.05, 0.1) is 6.10 Å². The van der Waals surface area contributed by atoms with Gasteiger partial charge in [-0.15, -0.1) is 0 Å². The van der Waals surface area contributed by atoms with Crippen LogP contribution in [0.1, 0.15) is 66.2 Å². The minimum absolute atomic E-state index is 0.000441. The number of fused-ring (bicyclic) bond motifs is 5. The molecule has 3 saturated carbocycles. The van der Waals surface area contributed by atoms with Gasteiger partial charge in [-0.1, -0.05) is 13.8 Å². The molecule has 4 rings (SSSR count). The van der Waals surface area contributed by atoms with E-state index in [9.17, 15) is 29.4 Å². The summed E-state index contributed by atoms with van der Waals surface area (Å²) in [6.45, 7) is 5.94. The molecule has 0 aromatic rings. The number of hydrogen-bond acceptors (Lipinski definition) is 8. The fourth-order valence-electron chi connectivity index (χ4n) is 7.78. The van der Waals surface area contributed by atoms with Gasteiger partial charge in [0.25, 0.3) is 0 Å². The number of Topliss-reactive ketones (excluding diaryl/α,β-unsaturated/α-hetero) is 1. The lowest BCUT2D eigenvalue weighted by Crippen LogP contribution is -2.63. The van der Waals surface area contributed by atoms with Crippen LogP contribution < -0.4 is 0 Å². The summed E-state index contributed by atoms with van der Waals surface area (Å²) in [6.07, 6.45) is 2.62. The number of carbonyl (C=O) groups is 4. The molecule has 8 heteroatoms. The number of ether oxygens (including phenoxy) is 2. The van der Waals surface area contributed by atoms with Crippen molar-refractivity contribution in [3.63, 3.8) is 0 Å². The predicted molar refractivity (Wildman–Crippen MR) is 116 cm³/mol. The molecule has 2 N–H and O–H groups in total. The van der Waals surface area contributed by atoms with Crippen molar-refractivity contribution in [3.8, 4) is 0 Å². The average molecular weight is 463 g/mol. The molecule has 182 valence electrons. The van der Waals surface area contributed by atoms with Crippen molar-refractivity contribution in [3.05, 3.63) is 11.6 Å². The van der Waals surface area contributed by atoms with Gasteiger partial charge in [-0.05, 0) is 66.9 Å². The molecular weight excluding hydrogens is 428 g/mol. The van der Waals surface area contributed by atoms with E-state index in [0.29, 0.717) is 25.7 Å². The quantitative estimate of drug-likeness (QED) is 0.607. The molecule has 0 spiro atoms. The Hall–Kier alpha value is -2.06. The van der Waals surface area contributed by atoms with E-state index in [-0.39, 0.29) is 36.4 Å². The number of rotatable bonds is 4. The normalized spacial score (nSPS) is 44.1. The van der Waals surface area contributed by atoms with Crippen LogP contribution in [0.3, 0.4) is 0 Å². The van der Waals surface area contributed by atoms with Crippen molar-refractivity contribution >= 4 is 23.5 Å². The van der Waals surface area contributed by atoms with E-state index in [1.54, 1.807) is 6.08 Å². The van der Waals surface area contributed by atoms with Gasteiger partial charge in [0.1, 0.15) is 11.7 Å². The largest absolute Gasteiger partial charge is 0.458 e. The molecule has 4 aliphatic carbocycles. The van der Waals surface area contributed by atoms with Crippen LogP contribution in [0, 0.1) is 28.6 Å². The molecule has 33 heavy (non-hydrogen) atoms. The summed E-state index contributed by atoms with van der Waals surface area (Å²) in [5.74, 6) is -1.94. The summed E-state index contributed by atoms with van der Waals surface area (Å²) < 4.78 is 10.6. The monoisotopic (exact) mass is 462 g/mol. The summed E-state index contributed by atoms with van der Waals surface area (Å²) >= 11 is 0. The van der Waals surface area contributed by atoms with E-state index < -0.39 is 53.0 Å². The lowest BCUT2D eigenvalue weighted by molar-refractivity contribution is -0.191. The average Bonchev–Trinajstić information content (AvgIpc) is 2.98. The van der Waals surface area contributed by atoms with Crippen molar-refractivity contribution < 1.29 is 38.9 Å². The molecule has 0 heterocycles. The molecule has 8 atom stereocenters. The standard InChI is InChI=1S/C25H34O8/c1-13(26)32-12-21(30)25(31)8-6-17-16-10-20(33-14(2)27)18-9-15(28)5-7-23(18,3)22(16)19(29)11-24(17,25)4/h9,16-17,19-20,22,29,31H,5-8,10-12H2,1-4H3/t16-,17-,19-,20+,22+,23-,24-,25-/m0/s1. The Kier molecular flexibility index (Phi) is 5.85. The molecule has 8 nitrogen and oxygen atoms in total. The maximum atomic E-state index is 13.0. The highest BCUT2D eigenvalue weighted by Gasteiger charge is 2.69. The second kappa shape index (κ2) is 8.01. The number of ketones is 2. The van der Waals surface area contributed by atoms with Crippen molar-refractivity contribution in [1.82, 2.24) is 0 Å². The fourth-order valence-corrected chi connectivity index (χ4v) is 7.78. The number of hydrogen-bond donors (Lipinski definition) is 2. The zero-order chi connectivity index (χ0) is 24.3. The van der Waals surface area contributed by atoms with Gasteiger partial charge in [-0.3, -0.25) is 19.2 Å². The van der Waals surface area contributed by atoms with Gasteiger partial charge >= 0.3 is 11.9 Å². The lowest BCUT2D eigenvalue weighted by Gasteiger charge is -2.61. The molecule has 0 radical (unpaired) electrons. The maximum absolute atomic E-state index is 13.0. The molecule has 0 saturated heterocycles. The van der Waals surface area contributed by atoms with Crippen LogP contribution in [0.25, 0.3) is 0 Å². The number of aliphatic hydroxyl groups is 2. The van der Waals surface area contributed by atoms with Crippen LogP contribution in [0.5, 0.6) is 0 Å². The van der Waals surface area contributed by atoms with Crippen molar-refractivity contribution in [1.29, 1.82) is 0 Å². The van der Waals surface area contributed by atoms with Crippen LogP contribution >= 0.6 is 0 Å². The maximum Gasteiger partial charge on any atom is 0.303 e. The number of aliphatic hydroxyl groups excluding tert-OH is 1. The first-order valence-electron chi connectivity index (χ1n) is 11.8. The van der Waals surface area contributed by atoms with Crippen molar-refractivity contribution in [2.75, 3.05) is 6.61 Å². The summed E-state index contributed by atoms with van der Waals surface area (Å²) in [5.41, 5.74) is -2.36. The summed E-state index contributed by atoms with van der Waals surface area (Å²) in [7, 11) is 0. The van der Waals surface area contributed by atoms with Gasteiger partial charge in [0.15, 0.2) is 12.4 Å². The van der Waals surface area contributed by atoms with Crippen LogP contribution in [-0.2, 0) is 28.7 Å². The smallest absolute Gasteiger partial charge is 0.303 e. The van der Waals surface area contributed by atoms with Crippen LogP contribution in [-0.4, -0.2) is 58.1 Å². The minimum Gasteiger partial charge on any atom is -0.458 e. The first-order valence-corrected chi connectivity index (χ1v) is 11.8. The predicted octanol–water partition coefficient (Wildman–Crippen LogP) is 1.89. The van der Waals surface area contributed by atoms with E-state index in [1.807, 2.05) is 13.8 Å². The Morgan fingerprint density at radius 3 is 2.48 bits per heavy atom. The summed E-state index contributed by atoms with van der Waals surface area (Å²) in [5, 5.41) is 23.0. The summed E-state index contributed by atoms with van der Waals surface area (Å²) in [6, 6.07) is 0. The highest BCUT2D eigenvalue weighted by Crippen LogP contribution is 2.67. The van der Waals surface area contributed by atoms with E-state index in [1.165, 1.54) is 13.8 Å². The first kappa shape index (κ1) is 24.1. The highest BCUT2D eigenvalue weighted by molar-refractivity contribution is 5.92. The van der Waals surface area contributed by atoms with Crippen molar-refractivity contribution in [2.24, 2.45) is 28.6 Å². The van der Waals surface area contributed by atoms with Crippen LogP contribution in [0.4, 0.5) is 0 Å². The topological polar surface area (TPSA) is 127 Å². The van der Waals surface area contributed by atoms with E-state index in [0.717, 1.165) is 5.57 Å². The van der Waals surface area contributed by atoms with Crippen molar-refractivity contribution in [2.45, 2.75) is 84.0 Å². The molecule has 0 bridgehead atoms. The molecule has 0 amide bonds. The Labute approximate surface area is 193 Å². The van der Waals surface area contributed by atoms with E-state index in [4.69, 9.17) is 9.47 Å². The second-order valence-corrected chi connectivity index (χ2v) is 10.9. The highest BCUT2D eigenvalue weighted by atomic mass is 16.5. The second-order valence-electron chi connectivity index (χ2n) is 10.9. The zero-order valence-electron chi connectivity index (χ0n) is 19.8. The molecule has 0 aromatic carbocycles. The zero-order valence-corrected chi connectivity index (χ0v) is 19.8. The fraction of sp³-hybridized carbons (Fsp3) is 0.760. The number of carbonyl (C=O) groups excluding carboxylic acids is 4. The van der Waals surface area contributed by atoms with Gasteiger partial charge in [0, 0.05) is 25.7 Å². The molecule has 0 aromatic heterocycles. The molecular formula is C25H34O8. The first-order chi connectivity index (χ1) is 15.3. The molecule has 3 fully saturated rings. The third-order valence-electron chi connectivity index (χ3n) is 9.22. The van der Waals surface area contributed by atoms with Crippen LogP contribution in [0.15, 0.2) is 11.6 Å². The Balaban J connectivity index is 1.72. The van der Waals surface area contributed by atoms with Crippen LogP contribution in [0.2, 0.25) is 0 Å². The number of esters is 2. The molecule has 0 unspecified atom stereocenters.